The molecule has 0 amide bonds. The minimum atomic E-state index is 0.628. The molecule has 0 aromatic carbocycles. The Morgan fingerprint density at radius 1 is 1.53 bits per heavy atom. The van der Waals surface area contributed by atoms with Gasteiger partial charge in [0.05, 0.1) is 0 Å². The normalized spacial score (nSPS) is 24.3. The lowest BCUT2D eigenvalue weighted by Crippen LogP contribution is -2.01. The highest BCUT2D eigenvalue weighted by Crippen LogP contribution is 2.30. The fraction of sp³-hybridized carbons (Fsp3) is 0.429. The molecule has 0 heterocycles. The van der Waals surface area contributed by atoms with E-state index in [-0.39, 0.29) is 0 Å². The molecule has 1 heteroatoms. The van der Waals surface area contributed by atoms with Crippen molar-refractivity contribution in [3.63, 3.8) is 0 Å². The number of nitrogens with zero attached hydrogens (tertiary/aromatic N) is 1. The second kappa shape index (κ2) is 5.01. The van der Waals surface area contributed by atoms with E-state index in [4.69, 9.17) is 0 Å². The highest BCUT2D eigenvalue weighted by atomic mass is 15.0. The average Bonchev–Trinajstić information content (AvgIpc) is 2.46. The molecule has 1 unspecified atom stereocenters. The van der Waals surface area contributed by atoms with E-state index in [1.165, 1.54) is 16.7 Å². The molecule has 0 aromatic heterocycles. The molecule has 1 rings (SSSR count). The maximum atomic E-state index is 3.82. The van der Waals surface area contributed by atoms with Gasteiger partial charge in [-0.1, -0.05) is 31.7 Å². The summed E-state index contributed by atoms with van der Waals surface area (Å²) < 4.78 is 0. The van der Waals surface area contributed by atoms with Crippen LogP contribution in [0.2, 0.25) is 0 Å². The largest absolute Gasteiger partial charge is 0.383 e. The van der Waals surface area contributed by atoms with E-state index in [1.54, 1.807) is 0 Å². The summed E-state index contributed by atoms with van der Waals surface area (Å²) in [7, 11) is 4.09. The van der Waals surface area contributed by atoms with Gasteiger partial charge in [-0.25, -0.2) is 0 Å². The highest BCUT2D eigenvalue weighted by molar-refractivity contribution is 5.41. The molecule has 0 aliphatic heterocycles. The SMILES string of the molecule is C=CC1=C/C(=C/C(C)=C\N(C)C)C(C)C1. The minimum absolute atomic E-state index is 0.628. The van der Waals surface area contributed by atoms with Crippen molar-refractivity contribution < 1.29 is 0 Å². The zero-order chi connectivity index (χ0) is 11.4. The van der Waals surface area contributed by atoms with Gasteiger partial charge >= 0.3 is 0 Å². The lowest BCUT2D eigenvalue weighted by molar-refractivity contribution is 0.559. The summed E-state index contributed by atoms with van der Waals surface area (Å²) in [6.07, 6.45) is 9.75. The summed E-state index contributed by atoms with van der Waals surface area (Å²) in [4.78, 5) is 2.07. The van der Waals surface area contributed by atoms with E-state index < -0.39 is 0 Å². The number of hydrogen-bond acceptors (Lipinski definition) is 1. The fourth-order valence-corrected chi connectivity index (χ4v) is 1.92. The van der Waals surface area contributed by atoms with Crippen LogP contribution < -0.4 is 0 Å². The summed E-state index contributed by atoms with van der Waals surface area (Å²) in [5.74, 6) is 0.628. The first kappa shape index (κ1) is 11.8. The molecule has 1 nitrogen and oxygen atoms in total. The molecular formula is C14H21N. The second-order valence-corrected chi connectivity index (χ2v) is 4.51. The van der Waals surface area contributed by atoms with Crippen molar-refractivity contribution in [3.05, 3.63) is 47.7 Å². The smallest absolute Gasteiger partial charge is 0.00557 e. The molecule has 1 aliphatic carbocycles. The number of hydrogen-bond donors (Lipinski definition) is 0. The molecule has 1 atom stereocenters. The van der Waals surface area contributed by atoms with Crippen LogP contribution in [0, 0.1) is 5.92 Å². The number of rotatable bonds is 3. The van der Waals surface area contributed by atoms with Crippen LogP contribution in [0.15, 0.2) is 47.7 Å². The molecule has 0 saturated heterocycles. The van der Waals surface area contributed by atoms with Crippen molar-refractivity contribution in [3.8, 4) is 0 Å². The van der Waals surface area contributed by atoms with Crippen molar-refractivity contribution >= 4 is 0 Å². The van der Waals surface area contributed by atoms with Gasteiger partial charge in [0.15, 0.2) is 0 Å². The van der Waals surface area contributed by atoms with Gasteiger partial charge in [0.1, 0.15) is 0 Å². The summed E-state index contributed by atoms with van der Waals surface area (Å²) in [6, 6.07) is 0. The molecule has 0 radical (unpaired) electrons. The van der Waals surface area contributed by atoms with Gasteiger partial charge in [-0.2, -0.15) is 0 Å². The van der Waals surface area contributed by atoms with Crippen molar-refractivity contribution in [2.45, 2.75) is 20.3 Å². The third-order valence-electron chi connectivity index (χ3n) is 2.58. The van der Waals surface area contributed by atoms with Gasteiger partial charge in [-0.15, -0.1) is 0 Å². The van der Waals surface area contributed by atoms with Gasteiger partial charge in [-0.05, 0) is 36.0 Å². The zero-order valence-electron chi connectivity index (χ0n) is 10.2. The van der Waals surface area contributed by atoms with Crippen molar-refractivity contribution in [2.75, 3.05) is 14.1 Å². The summed E-state index contributed by atoms with van der Waals surface area (Å²) in [5, 5.41) is 0. The molecule has 0 aromatic rings. The predicted octanol–water partition coefficient (Wildman–Crippen LogP) is 3.53. The summed E-state index contributed by atoms with van der Waals surface area (Å²) in [6.45, 7) is 8.22. The first-order valence-corrected chi connectivity index (χ1v) is 5.42. The Labute approximate surface area is 93.5 Å². The Kier molecular flexibility index (Phi) is 3.96. The molecular weight excluding hydrogens is 182 g/mol. The summed E-state index contributed by atoms with van der Waals surface area (Å²) in [5.41, 5.74) is 4.07. The monoisotopic (exact) mass is 203 g/mol. The molecule has 0 spiro atoms. The van der Waals surface area contributed by atoms with Gasteiger partial charge in [0.2, 0.25) is 0 Å². The van der Waals surface area contributed by atoms with E-state index in [1.807, 2.05) is 20.2 Å². The Morgan fingerprint density at radius 3 is 2.67 bits per heavy atom. The quantitative estimate of drug-likeness (QED) is 0.678. The van der Waals surface area contributed by atoms with Crippen LogP contribution in [0.4, 0.5) is 0 Å². The van der Waals surface area contributed by atoms with Crippen LogP contribution in [0.5, 0.6) is 0 Å². The van der Waals surface area contributed by atoms with Crippen LogP contribution in [0.25, 0.3) is 0 Å². The van der Waals surface area contributed by atoms with Crippen LogP contribution in [-0.4, -0.2) is 19.0 Å². The van der Waals surface area contributed by atoms with E-state index in [9.17, 15) is 0 Å². The maximum absolute atomic E-state index is 3.82. The van der Waals surface area contributed by atoms with Gasteiger partial charge in [-0.3, -0.25) is 0 Å². The van der Waals surface area contributed by atoms with Gasteiger partial charge in [0, 0.05) is 20.3 Å². The molecule has 0 bridgehead atoms. The lowest BCUT2D eigenvalue weighted by atomic mass is 10.0. The predicted molar refractivity (Wildman–Crippen MR) is 67.6 cm³/mol. The Bertz CT molecular complexity index is 329. The third-order valence-corrected chi connectivity index (χ3v) is 2.58. The molecule has 82 valence electrons. The first-order valence-electron chi connectivity index (χ1n) is 5.42. The fourth-order valence-electron chi connectivity index (χ4n) is 1.92. The van der Waals surface area contributed by atoms with Crippen molar-refractivity contribution in [1.29, 1.82) is 0 Å². The molecule has 15 heavy (non-hydrogen) atoms. The lowest BCUT2D eigenvalue weighted by Gasteiger charge is -2.08. The zero-order valence-corrected chi connectivity index (χ0v) is 10.2. The average molecular weight is 203 g/mol. The topological polar surface area (TPSA) is 3.24 Å². The maximum Gasteiger partial charge on any atom is 0.00557 e. The highest BCUT2D eigenvalue weighted by Gasteiger charge is 2.15. The van der Waals surface area contributed by atoms with Gasteiger partial charge in [0.25, 0.3) is 0 Å². The van der Waals surface area contributed by atoms with Crippen LogP contribution in [-0.2, 0) is 0 Å². The molecule has 0 fully saturated rings. The van der Waals surface area contributed by atoms with Gasteiger partial charge < -0.3 is 4.90 Å². The Morgan fingerprint density at radius 2 is 2.20 bits per heavy atom. The molecule has 1 aliphatic rings. The molecule has 0 N–H and O–H groups in total. The van der Waals surface area contributed by atoms with E-state index >= 15 is 0 Å². The Hall–Kier alpha value is -1.24. The number of allylic oxidation sites excluding steroid dienone is 6. The van der Waals surface area contributed by atoms with Crippen LogP contribution in [0.3, 0.4) is 0 Å². The second-order valence-electron chi connectivity index (χ2n) is 4.51. The minimum Gasteiger partial charge on any atom is -0.383 e. The van der Waals surface area contributed by atoms with Crippen LogP contribution in [0.1, 0.15) is 20.3 Å². The third kappa shape index (κ3) is 3.43. The molecule has 0 saturated carbocycles. The van der Waals surface area contributed by atoms with Crippen molar-refractivity contribution in [1.82, 2.24) is 4.90 Å². The van der Waals surface area contributed by atoms with E-state index in [0.29, 0.717) is 5.92 Å². The standard InChI is InChI=1S/C14H21N/c1-6-13-8-12(3)14(9-13)7-11(2)10-15(4)5/h6-7,9-10,12H,1,8H2,2-5H3/b11-10-,14-7-. The first-order chi connectivity index (χ1) is 7.02. The van der Waals surface area contributed by atoms with Crippen molar-refractivity contribution in [2.24, 2.45) is 5.92 Å². The summed E-state index contributed by atoms with van der Waals surface area (Å²) >= 11 is 0. The van der Waals surface area contributed by atoms with E-state index in [0.717, 1.165) is 6.42 Å². The van der Waals surface area contributed by atoms with Crippen LogP contribution >= 0.6 is 0 Å². The Balaban J connectivity index is 2.84. The van der Waals surface area contributed by atoms with E-state index in [2.05, 4.69) is 43.7 Å².